The average molecular weight is 303 g/mol. The van der Waals surface area contributed by atoms with Crippen molar-refractivity contribution in [2.75, 3.05) is 19.6 Å². The van der Waals surface area contributed by atoms with Gasteiger partial charge in [-0.3, -0.25) is 14.5 Å². The normalized spacial score (nSPS) is 17.7. The van der Waals surface area contributed by atoms with E-state index in [-0.39, 0.29) is 17.9 Å². The van der Waals surface area contributed by atoms with Crippen LogP contribution in [0.4, 0.5) is 0 Å². The SMILES string of the molecule is CC(=O)N[C@H](C)C(=O)NC[C@H](c1ccccc1)N1CCCC1. The molecule has 1 aliphatic rings. The summed E-state index contributed by atoms with van der Waals surface area (Å²) in [6.07, 6.45) is 2.42. The van der Waals surface area contributed by atoms with E-state index >= 15 is 0 Å². The van der Waals surface area contributed by atoms with Crippen LogP contribution in [0.5, 0.6) is 0 Å². The van der Waals surface area contributed by atoms with E-state index in [9.17, 15) is 9.59 Å². The topological polar surface area (TPSA) is 61.4 Å². The summed E-state index contributed by atoms with van der Waals surface area (Å²) in [6.45, 7) is 5.81. The molecular weight excluding hydrogens is 278 g/mol. The van der Waals surface area contributed by atoms with Crippen molar-refractivity contribution in [3.8, 4) is 0 Å². The number of rotatable bonds is 6. The third-order valence-electron chi connectivity index (χ3n) is 4.05. The zero-order chi connectivity index (χ0) is 15.9. The Kier molecular flexibility index (Phi) is 5.95. The van der Waals surface area contributed by atoms with E-state index in [1.807, 2.05) is 18.2 Å². The molecule has 0 radical (unpaired) electrons. The van der Waals surface area contributed by atoms with E-state index in [4.69, 9.17) is 0 Å². The lowest BCUT2D eigenvalue weighted by Crippen LogP contribution is -2.46. The minimum absolute atomic E-state index is 0.143. The van der Waals surface area contributed by atoms with Gasteiger partial charge in [0.2, 0.25) is 11.8 Å². The van der Waals surface area contributed by atoms with Gasteiger partial charge in [0.05, 0.1) is 6.04 Å². The quantitative estimate of drug-likeness (QED) is 0.836. The number of hydrogen-bond donors (Lipinski definition) is 2. The molecule has 5 nitrogen and oxygen atoms in total. The van der Waals surface area contributed by atoms with Crippen molar-refractivity contribution in [3.63, 3.8) is 0 Å². The maximum absolute atomic E-state index is 12.1. The van der Waals surface area contributed by atoms with Crippen molar-refractivity contribution in [1.29, 1.82) is 0 Å². The van der Waals surface area contributed by atoms with E-state index in [1.54, 1.807) is 6.92 Å². The molecule has 0 saturated carbocycles. The number of benzene rings is 1. The van der Waals surface area contributed by atoms with Crippen molar-refractivity contribution < 1.29 is 9.59 Å². The maximum atomic E-state index is 12.1. The van der Waals surface area contributed by atoms with Crippen LogP contribution in [-0.2, 0) is 9.59 Å². The Hall–Kier alpha value is -1.88. The van der Waals surface area contributed by atoms with Gasteiger partial charge >= 0.3 is 0 Å². The van der Waals surface area contributed by atoms with Gasteiger partial charge in [-0.05, 0) is 38.4 Å². The Morgan fingerprint density at radius 1 is 1.18 bits per heavy atom. The molecule has 0 unspecified atom stereocenters. The van der Waals surface area contributed by atoms with E-state index in [1.165, 1.54) is 25.3 Å². The second kappa shape index (κ2) is 7.94. The molecule has 1 aromatic carbocycles. The zero-order valence-electron chi connectivity index (χ0n) is 13.3. The lowest BCUT2D eigenvalue weighted by atomic mass is 10.1. The fourth-order valence-electron chi connectivity index (χ4n) is 2.91. The molecule has 1 aliphatic heterocycles. The molecule has 0 aliphatic carbocycles. The van der Waals surface area contributed by atoms with Crippen molar-refractivity contribution in [2.45, 2.75) is 38.8 Å². The Balaban J connectivity index is 1.98. The molecule has 1 fully saturated rings. The second-order valence-electron chi connectivity index (χ2n) is 5.84. The summed E-state index contributed by atoms with van der Waals surface area (Å²) in [5, 5.41) is 5.58. The highest BCUT2D eigenvalue weighted by Gasteiger charge is 2.24. The molecular formula is C17H25N3O2. The van der Waals surface area contributed by atoms with Gasteiger partial charge in [-0.1, -0.05) is 30.3 Å². The molecule has 0 aromatic heterocycles. The van der Waals surface area contributed by atoms with Crippen LogP contribution in [0.25, 0.3) is 0 Å². The van der Waals surface area contributed by atoms with Gasteiger partial charge in [0.1, 0.15) is 6.04 Å². The molecule has 120 valence electrons. The van der Waals surface area contributed by atoms with E-state index in [2.05, 4.69) is 27.7 Å². The van der Waals surface area contributed by atoms with Crippen molar-refractivity contribution in [3.05, 3.63) is 35.9 Å². The number of nitrogens with zero attached hydrogens (tertiary/aromatic N) is 1. The Labute approximate surface area is 132 Å². The van der Waals surface area contributed by atoms with Crippen LogP contribution >= 0.6 is 0 Å². The number of likely N-dealkylation sites (tertiary alicyclic amines) is 1. The van der Waals surface area contributed by atoms with Gasteiger partial charge in [0, 0.05) is 13.5 Å². The zero-order valence-corrected chi connectivity index (χ0v) is 13.3. The van der Waals surface area contributed by atoms with Gasteiger partial charge in [0.15, 0.2) is 0 Å². The van der Waals surface area contributed by atoms with Crippen LogP contribution in [0.15, 0.2) is 30.3 Å². The predicted molar refractivity (Wildman–Crippen MR) is 86.3 cm³/mol. The minimum Gasteiger partial charge on any atom is -0.352 e. The van der Waals surface area contributed by atoms with Crippen LogP contribution in [-0.4, -0.2) is 42.4 Å². The first-order chi connectivity index (χ1) is 10.6. The predicted octanol–water partition coefficient (Wildman–Crippen LogP) is 1.46. The first kappa shape index (κ1) is 16.5. The number of carbonyl (C=O) groups is 2. The summed E-state index contributed by atoms with van der Waals surface area (Å²) in [7, 11) is 0. The molecule has 2 atom stereocenters. The summed E-state index contributed by atoms with van der Waals surface area (Å²) in [6, 6.07) is 9.95. The fourth-order valence-corrected chi connectivity index (χ4v) is 2.91. The van der Waals surface area contributed by atoms with Crippen LogP contribution in [0.1, 0.15) is 38.3 Å². The highest BCUT2D eigenvalue weighted by Crippen LogP contribution is 2.24. The molecule has 2 amide bonds. The summed E-state index contributed by atoms with van der Waals surface area (Å²) < 4.78 is 0. The largest absolute Gasteiger partial charge is 0.352 e. The smallest absolute Gasteiger partial charge is 0.242 e. The Bertz CT molecular complexity index is 498. The number of nitrogens with one attached hydrogen (secondary N) is 2. The molecule has 2 N–H and O–H groups in total. The minimum atomic E-state index is -0.507. The maximum Gasteiger partial charge on any atom is 0.242 e. The molecule has 1 saturated heterocycles. The van der Waals surface area contributed by atoms with E-state index < -0.39 is 6.04 Å². The van der Waals surface area contributed by atoms with Crippen molar-refractivity contribution in [1.82, 2.24) is 15.5 Å². The molecule has 2 rings (SSSR count). The van der Waals surface area contributed by atoms with Gasteiger partial charge in [-0.25, -0.2) is 0 Å². The van der Waals surface area contributed by atoms with E-state index in [0.717, 1.165) is 13.1 Å². The van der Waals surface area contributed by atoms with Crippen LogP contribution in [0.2, 0.25) is 0 Å². The monoisotopic (exact) mass is 303 g/mol. The van der Waals surface area contributed by atoms with Crippen molar-refractivity contribution >= 4 is 11.8 Å². The van der Waals surface area contributed by atoms with E-state index in [0.29, 0.717) is 6.54 Å². The first-order valence-corrected chi connectivity index (χ1v) is 7.91. The lowest BCUT2D eigenvalue weighted by Gasteiger charge is -2.28. The van der Waals surface area contributed by atoms with Crippen LogP contribution < -0.4 is 10.6 Å². The van der Waals surface area contributed by atoms with Gasteiger partial charge < -0.3 is 10.6 Å². The molecule has 1 aromatic rings. The van der Waals surface area contributed by atoms with Gasteiger partial charge in [-0.2, -0.15) is 0 Å². The lowest BCUT2D eigenvalue weighted by molar-refractivity contribution is -0.127. The highest BCUT2D eigenvalue weighted by molar-refractivity contribution is 5.86. The number of carbonyl (C=O) groups excluding carboxylic acids is 2. The summed E-state index contributed by atoms with van der Waals surface area (Å²) in [5.74, 6) is -0.336. The molecule has 5 heteroatoms. The second-order valence-corrected chi connectivity index (χ2v) is 5.84. The molecule has 0 spiro atoms. The Morgan fingerprint density at radius 2 is 1.82 bits per heavy atom. The number of hydrogen-bond acceptors (Lipinski definition) is 3. The fraction of sp³-hybridized carbons (Fsp3) is 0.529. The van der Waals surface area contributed by atoms with Gasteiger partial charge in [0.25, 0.3) is 0 Å². The first-order valence-electron chi connectivity index (χ1n) is 7.91. The summed E-state index contributed by atoms with van der Waals surface area (Å²) in [4.78, 5) is 25.5. The Morgan fingerprint density at radius 3 is 2.41 bits per heavy atom. The van der Waals surface area contributed by atoms with Crippen molar-refractivity contribution in [2.24, 2.45) is 0 Å². The van der Waals surface area contributed by atoms with Crippen LogP contribution in [0.3, 0.4) is 0 Å². The average Bonchev–Trinajstić information content (AvgIpc) is 3.02. The third-order valence-corrected chi connectivity index (χ3v) is 4.05. The molecule has 22 heavy (non-hydrogen) atoms. The standard InChI is InChI=1S/C17H25N3O2/c1-13(19-14(2)21)17(22)18-12-16(20-10-6-7-11-20)15-8-4-3-5-9-15/h3-5,8-9,13,16H,6-7,10-12H2,1-2H3,(H,18,22)(H,19,21)/t13-,16-/m1/s1. The third kappa shape index (κ3) is 4.56. The summed E-state index contributed by atoms with van der Waals surface area (Å²) >= 11 is 0. The van der Waals surface area contributed by atoms with Crippen LogP contribution in [0, 0.1) is 0 Å². The number of amides is 2. The summed E-state index contributed by atoms with van der Waals surface area (Å²) in [5.41, 5.74) is 1.22. The highest BCUT2D eigenvalue weighted by atomic mass is 16.2. The van der Waals surface area contributed by atoms with Gasteiger partial charge in [-0.15, -0.1) is 0 Å². The molecule has 0 bridgehead atoms. The molecule has 1 heterocycles.